The van der Waals surface area contributed by atoms with E-state index in [1.807, 2.05) is 26.0 Å². The molecule has 10 heteroatoms. The van der Waals surface area contributed by atoms with E-state index in [-0.39, 0.29) is 6.54 Å². The van der Waals surface area contributed by atoms with E-state index in [1.54, 1.807) is 24.7 Å². The molecule has 27 heavy (non-hydrogen) atoms. The van der Waals surface area contributed by atoms with E-state index >= 15 is 0 Å². The fourth-order valence-corrected chi connectivity index (χ4v) is 4.50. The molecule has 146 valence electrons. The number of ether oxygens (including phenoxy) is 1. The maximum atomic E-state index is 12.7. The van der Waals surface area contributed by atoms with Crippen LogP contribution in [0.15, 0.2) is 36.8 Å². The first-order valence-corrected chi connectivity index (χ1v) is 10.3. The van der Waals surface area contributed by atoms with Crippen LogP contribution in [0.2, 0.25) is 0 Å². The van der Waals surface area contributed by atoms with Crippen molar-refractivity contribution >= 4 is 21.8 Å². The van der Waals surface area contributed by atoms with Crippen LogP contribution in [0.4, 0.5) is 11.6 Å². The summed E-state index contributed by atoms with van der Waals surface area (Å²) >= 11 is 0. The number of nitrogens with zero attached hydrogens (tertiary/aromatic N) is 5. The highest BCUT2D eigenvalue weighted by molar-refractivity contribution is 7.86. The molecule has 0 aromatic carbocycles. The minimum Gasteiger partial charge on any atom is -0.369 e. The number of rotatable bonds is 7. The Labute approximate surface area is 159 Å². The highest BCUT2D eigenvalue weighted by Gasteiger charge is 2.33. The van der Waals surface area contributed by atoms with Gasteiger partial charge in [0.05, 0.1) is 24.2 Å². The van der Waals surface area contributed by atoms with Crippen LogP contribution < -0.4 is 5.32 Å². The molecule has 0 aliphatic carbocycles. The van der Waals surface area contributed by atoms with Gasteiger partial charge in [0.1, 0.15) is 6.10 Å². The van der Waals surface area contributed by atoms with Crippen LogP contribution in [0.5, 0.6) is 0 Å². The Hall–Kier alpha value is -2.14. The van der Waals surface area contributed by atoms with Gasteiger partial charge >= 0.3 is 0 Å². The Morgan fingerprint density at radius 3 is 2.59 bits per heavy atom. The van der Waals surface area contributed by atoms with E-state index in [1.165, 1.54) is 8.61 Å². The summed E-state index contributed by atoms with van der Waals surface area (Å²) in [6.07, 6.45) is 4.56. The molecule has 0 unspecified atom stereocenters. The van der Waals surface area contributed by atoms with Crippen LogP contribution in [0.3, 0.4) is 0 Å². The Balaban J connectivity index is 1.69. The van der Waals surface area contributed by atoms with E-state index in [0.717, 1.165) is 5.69 Å². The van der Waals surface area contributed by atoms with Crippen molar-refractivity contribution in [1.29, 1.82) is 0 Å². The summed E-state index contributed by atoms with van der Waals surface area (Å²) in [5.74, 6) is 0.484. The number of aromatic nitrogens is 3. The SMILES string of the molecule is CCN(CC)S(=O)(=O)N1CCO[C@@H](c2ccc(Nc3ncccn3)cn2)C1. The molecule has 0 saturated carbocycles. The van der Waals surface area contributed by atoms with E-state index < -0.39 is 16.3 Å². The number of pyridine rings is 1. The van der Waals surface area contributed by atoms with Crippen LogP contribution in [-0.4, -0.2) is 64.8 Å². The summed E-state index contributed by atoms with van der Waals surface area (Å²) in [4.78, 5) is 12.6. The molecule has 2 aromatic rings. The number of hydrogen-bond acceptors (Lipinski definition) is 7. The lowest BCUT2D eigenvalue weighted by molar-refractivity contribution is -0.00657. The highest BCUT2D eigenvalue weighted by atomic mass is 32.2. The molecule has 0 radical (unpaired) electrons. The van der Waals surface area contributed by atoms with Gasteiger partial charge in [0.25, 0.3) is 10.2 Å². The second-order valence-electron chi connectivity index (χ2n) is 5.98. The van der Waals surface area contributed by atoms with Crippen LogP contribution in [0.25, 0.3) is 0 Å². The standard InChI is InChI=1S/C17H24N6O3S/c1-3-22(4-2)27(24,25)23-10-11-26-16(13-23)15-7-6-14(12-20-15)21-17-18-8-5-9-19-17/h5-9,12,16H,3-4,10-11,13H2,1-2H3,(H,18,19,21)/t16-/m1/s1. The zero-order valence-corrected chi connectivity index (χ0v) is 16.3. The van der Waals surface area contributed by atoms with Gasteiger partial charge in [-0.3, -0.25) is 4.98 Å². The molecule has 3 heterocycles. The largest absolute Gasteiger partial charge is 0.369 e. The van der Waals surface area contributed by atoms with Crippen molar-refractivity contribution in [3.63, 3.8) is 0 Å². The fraction of sp³-hybridized carbons (Fsp3) is 0.471. The van der Waals surface area contributed by atoms with Crippen molar-refractivity contribution in [2.45, 2.75) is 20.0 Å². The minimum absolute atomic E-state index is 0.250. The van der Waals surface area contributed by atoms with Crippen molar-refractivity contribution < 1.29 is 13.2 Å². The van der Waals surface area contributed by atoms with Gasteiger partial charge < -0.3 is 10.1 Å². The smallest absolute Gasteiger partial charge is 0.282 e. The topological polar surface area (TPSA) is 101 Å². The lowest BCUT2D eigenvalue weighted by Gasteiger charge is -2.34. The van der Waals surface area contributed by atoms with Crippen LogP contribution in [-0.2, 0) is 14.9 Å². The normalized spacial score (nSPS) is 18.6. The van der Waals surface area contributed by atoms with E-state index in [9.17, 15) is 8.42 Å². The van der Waals surface area contributed by atoms with E-state index in [4.69, 9.17) is 4.74 Å². The zero-order valence-electron chi connectivity index (χ0n) is 15.4. The third-order valence-corrected chi connectivity index (χ3v) is 6.48. The van der Waals surface area contributed by atoms with E-state index in [2.05, 4.69) is 20.3 Å². The summed E-state index contributed by atoms with van der Waals surface area (Å²) in [6, 6.07) is 5.41. The van der Waals surface area contributed by atoms with Crippen LogP contribution in [0.1, 0.15) is 25.6 Å². The number of anilines is 2. The van der Waals surface area contributed by atoms with Gasteiger partial charge in [-0.15, -0.1) is 0 Å². The van der Waals surface area contributed by atoms with Crippen LogP contribution in [0, 0.1) is 0 Å². The number of morpholine rings is 1. The van der Waals surface area contributed by atoms with Crippen molar-refractivity contribution in [2.24, 2.45) is 0 Å². The summed E-state index contributed by atoms with van der Waals surface area (Å²) in [6.45, 7) is 5.50. The Morgan fingerprint density at radius 1 is 1.22 bits per heavy atom. The molecule has 1 aliphatic rings. The average molecular weight is 392 g/mol. The molecule has 1 atom stereocenters. The Bertz CT molecular complexity index is 828. The summed E-state index contributed by atoms with van der Waals surface area (Å²) in [7, 11) is -3.48. The first kappa shape index (κ1) is 19.6. The third kappa shape index (κ3) is 4.59. The van der Waals surface area contributed by atoms with Crippen molar-refractivity contribution in [2.75, 3.05) is 38.1 Å². The highest BCUT2D eigenvalue weighted by Crippen LogP contribution is 2.24. The molecule has 2 aromatic heterocycles. The molecule has 0 bridgehead atoms. The third-order valence-electron chi connectivity index (χ3n) is 4.33. The predicted octanol–water partition coefficient (Wildman–Crippen LogP) is 1.58. The van der Waals surface area contributed by atoms with Gasteiger partial charge in [-0.1, -0.05) is 13.8 Å². The van der Waals surface area contributed by atoms with Gasteiger partial charge in [0, 0.05) is 38.6 Å². The Kier molecular flexibility index (Phi) is 6.32. The lowest BCUT2D eigenvalue weighted by Crippen LogP contribution is -2.49. The maximum absolute atomic E-state index is 12.7. The molecule has 1 fully saturated rings. The second-order valence-corrected chi connectivity index (χ2v) is 7.91. The molecular formula is C17H24N6O3S. The van der Waals surface area contributed by atoms with Crippen LogP contribution >= 0.6 is 0 Å². The summed E-state index contributed by atoms with van der Waals surface area (Å²) < 4.78 is 34.2. The van der Waals surface area contributed by atoms with Crippen molar-refractivity contribution in [1.82, 2.24) is 23.6 Å². The molecule has 1 N–H and O–H groups in total. The lowest BCUT2D eigenvalue weighted by atomic mass is 10.2. The first-order valence-electron chi connectivity index (χ1n) is 8.91. The van der Waals surface area contributed by atoms with Gasteiger partial charge in [-0.25, -0.2) is 9.97 Å². The number of nitrogens with one attached hydrogen (secondary N) is 1. The summed E-state index contributed by atoms with van der Waals surface area (Å²) in [5.41, 5.74) is 1.43. The van der Waals surface area contributed by atoms with Gasteiger partial charge in [0.15, 0.2) is 0 Å². The van der Waals surface area contributed by atoms with Gasteiger partial charge in [0.2, 0.25) is 5.95 Å². The molecule has 0 amide bonds. The maximum Gasteiger partial charge on any atom is 0.282 e. The minimum atomic E-state index is -3.48. The Morgan fingerprint density at radius 2 is 1.96 bits per heavy atom. The molecule has 1 aliphatic heterocycles. The van der Waals surface area contributed by atoms with Gasteiger partial charge in [-0.2, -0.15) is 17.0 Å². The quantitative estimate of drug-likeness (QED) is 0.763. The molecule has 0 spiro atoms. The molecule has 1 saturated heterocycles. The fourth-order valence-electron chi connectivity index (χ4n) is 2.89. The van der Waals surface area contributed by atoms with Gasteiger partial charge in [-0.05, 0) is 18.2 Å². The zero-order chi connectivity index (χ0) is 19.3. The van der Waals surface area contributed by atoms with Crippen molar-refractivity contribution in [3.05, 3.63) is 42.5 Å². The second kappa shape index (κ2) is 8.70. The molecule has 3 rings (SSSR count). The molecular weight excluding hydrogens is 368 g/mol. The first-order chi connectivity index (χ1) is 13.0. The number of hydrogen-bond donors (Lipinski definition) is 1. The summed E-state index contributed by atoms with van der Waals surface area (Å²) in [5, 5.41) is 3.06. The monoisotopic (exact) mass is 392 g/mol. The van der Waals surface area contributed by atoms with E-state index in [0.29, 0.717) is 37.9 Å². The molecule has 9 nitrogen and oxygen atoms in total. The average Bonchev–Trinajstić information content (AvgIpc) is 2.70. The van der Waals surface area contributed by atoms with Crippen molar-refractivity contribution in [3.8, 4) is 0 Å². The predicted molar refractivity (Wildman–Crippen MR) is 102 cm³/mol.